The Morgan fingerprint density at radius 3 is 2.41 bits per heavy atom. The van der Waals surface area contributed by atoms with E-state index in [-0.39, 0.29) is 5.82 Å². The third-order valence-electron chi connectivity index (χ3n) is 2.73. The van der Waals surface area contributed by atoms with Crippen LogP contribution in [0.3, 0.4) is 0 Å². The van der Waals surface area contributed by atoms with E-state index in [4.69, 9.17) is 0 Å². The monoisotopic (exact) mass is 229 g/mol. The van der Waals surface area contributed by atoms with Crippen LogP contribution in [0.2, 0.25) is 0 Å². The Morgan fingerprint density at radius 2 is 1.71 bits per heavy atom. The molecule has 1 N–H and O–H groups in total. The third kappa shape index (κ3) is 3.31. The highest BCUT2D eigenvalue weighted by atomic mass is 19.1. The SMILES string of the molecule is Cc1ccc(NCCc2ccccc2F)cc1. The van der Waals surface area contributed by atoms with Gasteiger partial charge in [-0.15, -0.1) is 0 Å². The van der Waals surface area contributed by atoms with Crippen LogP contribution in [0.15, 0.2) is 48.5 Å². The average molecular weight is 229 g/mol. The molecule has 0 heterocycles. The zero-order chi connectivity index (χ0) is 12.1. The number of nitrogens with one attached hydrogen (secondary N) is 1. The van der Waals surface area contributed by atoms with Gasteiger partial charge in [0.15, 0.2) is 0 Å². The van der Waals surface area contributed by atoms with Crippen molar-refractivity contribution in [1.82, 2.24) is 0 Å². The molecule has 2 heteroatoms. The van der Waals surface area contributed by atoms with Crippen LogP contribution in [0, 0.1) is 12.7 Å². The first-order valence-corrected chi connectivity index (χ1v) is 5.79. The molecule has 0 aliphatic heterocycles. The molecule has 0 bridgehead atoms. The topological polar surface area (TPSA) is 12.0 Å². The minimum Gasteiger partial charge on any atom is -0.385 e. The smallest absolute Gasteiger partial charge is 0.126 e. The number of hydrogen-bond acceptors (Lipinski definition) is 1. The summed E-state index contributed by atoms with van der Waals surface area (Å²) < 4.78 is 13.3. The Labute approximate surface area is 101 Å². The molecule has 2 aromatic carbocycles. The van der Waals surface area contributed by atoms with Gasteiger partial charge in [0.05, 0.1) is 0 Å². The fraction of sp³-hybridized carbons (Fsp3) is 0.200. The summed E-state index contributed by atoms with van der Waals surface area (Å²) in [6, 6.07) is 15.1. The molecule has 0 fully saturated rings. The summed E-state index contributed by atoms with van der Waals surface area (Å²) in [5.74, 6) is -0.127. The standard InChI is InChI=1S/C15H16FN/c1-12-6-8-14(9-7-12)17-11-10-13-4-2-3-5-15(13)16/h2-9,17H,10-11H2,1H3. The molecule has 17 heavy (non-hydrogen) atoms. The Morgan fingerprint density at radius 1 is 1.00 bits per heavy atom. The molecule has 0 radical (unpaired) electrons. The fourth-order valence-electron chi connectivity index (χ4n) is 1.71. The van der Waals surface area contributed by atoms with Gasteiger partial charge in [0.2, 0.25) is 0 Å². The highest BCUT2D eigenvalue weighted by Crippen LogP contribution is 2.10. The third-order valence-corrected chi connectivity index (χ3v) is 2.73. The summed E-state index contributed by atoms with van der Waals surface area (Å²) in [5.41, 5.74) is 3.07. The van der Waals surface area contributed by atoms with Gasteiger partial charge < -0.3 is 5.32 Å². The minimum atomic E-state index is -0.127. The maximum atomic E-state index is 13.3. The summed E-state index contributed by atoms with van der Waals surface area (Å²) in [6.45, 7) is 2.80. The molecule has 0 saturated heterocycles. The molecule has 0 spiro atoms. The Balaban J connectivity index is 1.88. The number of aryl methyl sites for hydroxylation is 1. The largest absolute Gasteiger partial charge is 0.385 e. The van der Waals surface area contributed by atoms with Crippen LogP contribution in [0.1, 0.15) is 11.1 Å². The van der Waals surface area contributed by atoms with Crippen LogP contribution in [0.5, 0.6) is 0 Å². The quantitative estimate of drug-likeness (QED) is 0.841. The van der Waals surface area contributed by atoms with E-state index in [1.807, 2.05) is 24.3 Å². The van der Waals surface area contributed by atoms with Gasteiger partial charge in [0, 0.05) is 12.2 Å². The molecule has 0 aromatic heterocycles. The second-order valence-electron chi connectivity index (χ2n) is 4.13. The lowest BCUT2D eigenvalue weighted by Gasteiger charge is -2.07. The van der Waals surface area contributed by atoms with Gasteiger partial charge in [-0.3, -0.25) is 0 Å². The molecule has 2 aromatic rings. The second kappa shape index (κ2) is 5.48. The van der Waals surface area contributed by atoms with Crippen molar-refractivity contribution in [3.63, 3.8) is 0 Å². The van der Waals surface area contributed by atoms with E-state index >= 15 is 0 Å². The minimum absolute atomic E-state index is 0.127. The molecule has 0 atom stereocenters. The van der Waals surface area contributed by atoms with Crippen molar-refractivity contribution in [2.24, 2.45) is 0 Å². The van der Waals surface area contributed by atoms with Crippen molar-refractivity contribution in [2.45, 2.75) is 13.3 Å². The Bertz CT molecular complexity index is 477. The molecule has 0 unspecified atom stereocenters. The van der Waals surface area contributed by atoms with Gasteiger partial charge >= 0.3 is 0 Å². The van der Waals surface area contributed by atoms with E-state index in [0.717, 1.165) is 17.8 Å². The number of benzene rings is 2. The predicted molar refractivity (Wildman–Crippen MR) is 69.8 cm³/mol. The first kappa shape index (κ1) is 11.6. The van der Waals surface area contributed by atoms with E-state index in [1.165, 1.54) is 11.6 Å². The van der Waals surface area contributed by atoms with E-state index in [2.05, 4.69) is 24.4 Å². The normalized spacial score (nSPS) is 10.2. The number of hydrogen-bond donors (Lipinski definition) is 1. The van der Waals surface area contributed by atoms with Crippen LogP contribution >= 0.6 is 0 Å². The summed E-state index contributed by atoms with van der Waals surface area (Å²) in [4.78, 5) is 0. The zero-order valence-electron chi connectivity index (χ0n) is 9.91. The molecule has 0 amide bonds. The van der Waals surface area contributed by atoms with Crippen LogP contribution in [-0.4, -0.2) is 6.54 Å². The van der Waals surface area contributed by atoms with Gasteiger partial charge in [-0.1, -0.05) is 35.9 Å². The first-order chi connectivity index (χ1) is 8.25. The molecule has 88 valence electrons. The fourth-order valence-corrected chi connectivity index (χ4v) is 1.71. The summed E-state index contributed by atoms with van der Waals surface area (Å²) in [6.07, 6.45) is 0.695. The Kier molecular flexibility index (Phi) is 3.76. The van der Waals surface area contributed by atoms with Crippen molar-refractivity contribution in [1.29, 1.82) is 0 Å². The van der Waals surface area contributed by atoms with Gasteiger partial charge in [-0.25, -0.2) is 4.39 Å². The summed E-state index contributed by atoms with van der Waals surface area (Å²) in [7, 11) is 0. The number of anilines is 1. The summed E-state index contributed by atoms with van der Waals surface area (Å²) >= 11 is 0. The van der Waals surface area contributed by atoms with Crippen molar-refractivity contribution in [3.8, 4) is 0 Å². The lowest BCUT2D eigenvalue weighted by molar-refractivity contribution is 0.610. The van der Waals surface area contributed by atoms with Gasteiger partial charge in [-0.05, 0) is 37.1 Å². The van der Waals surface area contributed by atoms with Gasteiger partial charge in [-0.2, -0.15) is 0 Å². The molecular weight excluding hydrogens is 213 g/mol. The van der Waals surface area contributed by atoms with Gasteiger partial charge in [0.1, 0.15) is 5.82 Å². The molecule has 0 aliphatic carbocycles. The first-order valence-electron chi connectivity index (χ1n) is 5.79. The molecular formula is C15H16FN. The van der Waals surface area contributed by atoms with Crippen molar-refractivity contribution >= 4 is 5.69 Å². The van der Waals surface area contributed by atoms with E-state index in [9.17, 15) is 4.39 Å². The van der Waals surface area contributed by atoms with Crippen molar-refractivity contribution in [2.75, 3.05) is 11.9 Å². The van der Waals surface area contributed by atoms with E-state index in [1.54, 1.807) is 6.07 Å². The second-order valence-corrected chi connectivity index (χ2v) is 4.13. The summed E-state index contributed by atoms with van der Waals surface area (Å²) in [5, 5.41) is 3.28. The molecule has 1 nitrogen and oxygen atoms in total. The highest BCUT2D eigenvalue weighted by Gasteiger charge is 1.99. The van der Waals surface area contributed by atoms with Crippen molar-refractivity contribution < 1.29 is 4.39 Å². The van der Waals surface area contributed by atoms with E-state index < -0.39 is 0 Å². The van der Waals surface area contributed by atoms with Crippen LogP contribution in [0.25, 0.3) is 0 Å². The highest BCUT2D eigenvalue weighted by molar-refractivity contribution is 5.44. The maximum Gasteiger partial charge on any atom is 0.126 e. The lowest BCUT2D eigenvalue weighted by atomic mass is 10.1. The van der Waals surface area contributed by atoms with Crippen molar-refractivity contribution in [3.05, 3.63) is 65.5 Å². The van der Waals surface area contributed by atoms with Crippen LogP contribution in [-0.2, 0) is 6.42 Å². The number of rotatable bonds is 4. The average Bonchev–Trinajstić information content (AvgIpc) is 2.34. The maximum absolute atomic E-state index is 13.3. The van der Waals surface area contributed by atoms with Crippen LogP contribution in [0.4, 0.5) is 10.1 Å². The zero-order valence-corrected chi connectivity index (χ0v) is 9.91. The molecule has 0 saturated carbocycles. The number of halogens is 1. The van der Waals surface area contributed by atoms with Crippen LogP contribution < -0.4 is 5.32 Å². The lowest BCUT2D eigenvalue weighted by Crippen LogP contribution is -2.05. The molecule has 2 rings (SSSR count). The Hall–Kier alpha value is -1.83. The predicted octanol–water partition coefficient (Wildman–Crippen LogP) is 3.79. The molecule has 0 aliphatic rings. The van der Waals surface area contributed by atoms with Gasteiger partial charge in [0.25, 0.3) is 0 Å². The van der Waals surface area contributed by atoms with E-state index in [0.29, 0.717) is 6.42 Å².